The number of phenolic OH excluding ortho intramolecular Hbond substituents is 2. The molecule has 0 radical (unpaired) electrons. The molecule has 2 aromatic carbocycles. The van der Waals surface area contributed by atoms with Gasteiger partial charge in [0.25, 0.3) is 0 Å². The lowest BCUT2D eigenvalue weighted by Crippen LogP contribution is -2.06. The molecule has 0 fully saturated rings. The Morgan fingerprint density at radius 3 is 2.10 bits per heavy atom. The van der Waals surface area contributed by atoms with Crippen molar-refractivity contribution in [3.63, 3.8) is 0 Å². The van der Waals surface area contributed by atoms with Gasteiger partial charge >= 0.3 is 0 Å². The van der Waals surface area contributed by atoms with Crippen LogP contribution in [0, 0.1) is 0 Å². The second-order valence-electron chi connectivity index (χ2n) is 5.39. The van der Waals surface area contributed by atoms with Crippen molar-refractivity contribution in [3.05, 3.63) is 53.6 Å². The predicted octanol–water partition coefficient (Wildman–Crippen LogP) is 4.39. The summed E-state index contributed by atoms with van der Waals surface area (Å²) in [6.07, 6.45) is 0. The number of phenols is 2. The maximum Gasteiger partial charge on any atom is 0.124 e. The number of nitrogens with one attached hydrogen (secondary N) is 1. The molecule has 1 unspecified atom stereocenters. The van der Waals surface area contributed by atoms with Crippen LogP contribution in [0.5, 0.6) is 11.5 Å². The second-order valence-corrected chi connectivity index (χ2v) is 5.39. The first-order valence-corrected chi connectivity index (χ1v) is 6.85. The molecule has 0 bridgehead atoms. The molecule has 106 valence electrons. The smallest absolute Gasteiger partial charge is 0.124 e. The van der Waals surface area contributed by atoms with Crippen LogP contribution in [0.3, 0.4) is 0 Å². The van der Waals surface area contributed by atoms with E-state index < -0.39 is 0 Å². The Bertz CT molecular complexity index is 576. The zero-order valence-corrected chi connectivity index (χ0v) is 12.1. The molecule has 20 heavy (non-hydrogen) atoms. The summed E-state index contributed by atoms with van der Waals surface area (Å²) < 4.78 is 0. The van der Waals surface area contributed by atoms with Crippen molar-refractivity contribution in [3.8, 4) is 11.5 Å². The third-order valence-electron chi connectivity index (χ3n) is 3.44. The van der Waals surface area contributed by atoms with Crippen LogP contribution in [0.15, 0.2) is 42.5 Å². The van der Waals surface area contributed by atoms with E-state index in [1.165, 1.54) is 11.6 Å². The molecule has 0 aliphatic carbocycles. The van der Waals surface area contributed by atoms with E-state index in [9.17, 15) is 10.2 Å². The first kappa shape index (κ1) is 14.3. The van der Waals surface area contributed by atoms with Gasteiger partial charge in [0.2, 0.25) is 0 Å². The van der Waals surface area contributed by atoms with Crippen LogP contribution in [0.2, 0.25) is 0 Å². The van der Waals surface area contributed by atoms with Crippen LogP contribution < -0.4 is 5.32 Å². The van der Waals surface area contributed by atoms with Crippen molar-refractivity contribution in [1.29, 1.82) is 0 Å². The highest BCUT2D eigenvalue weighted by Crippen LogP contribution is 2.30. The maximum absolute atomic E-state index is 9.86. The summed E-state index contributed by atoms with van der Waals surface area (Å²) in [5.41, 5.74) is 3.07. The largest absolute Gasteiger partial charge is 0.508 e. The number of anilines is 1. The minimum atomic E-state index is -0.0412. The Balaban J connectivity index is 2.12. The molecule has 3 heteroatoms. The zero-order valence-electron chi connectivity index (χ0n) is 12.1. The molecule has 0 aromatic heterocycles. The average Bonchev–Trinajstić information content (AvgIpc) is 2.39. The third-order valence-corrected chi connectivity index (χ3v) is 3.44. The van der Waals surface area contributed by atoms with Gasteiger partial charge < -0.3 is 15.5 Å². The van der Waals surface area contributed by atoms with Gasteiger partial charge in [0.15, 0.2) is 0 Å². The predicted molar refractivity (Wildman–Crippen MR) is 82.3 cm³/mol. The summed E-state index contributed by atoms with van der Waals surface area (Å²) in [5, 5.41) is 22.5. The van der Waals surface area contributed by atoms with Crippen molar-refractivity contribution in [1.82, 2.24) is 0 Å². The molecule has 0 saturated heterocycles. The Labute approximate surface area is 119 Å². The summed E-state index contributed by atoms with van der Waals surface area (Å²) >= 11 is 0. The fraction of sp³-hybridized carbons (Fsp3) is 0.294. The van der Waals surface area contributed by atoms with Gasteiger partial charge in [-0.3, -0.25) is 0 Å². The van der Waals surface area contributed by atoms with Crippen LogP contribution in [0.1, 0.15) is 43.9 Å². The maximum atomic E-state index is 9.86. The minimum absolute atomic E-state index is 0.0412. The van der Waals surface area contributed by atoms with Gasteiger partial charge in [0, 0.05) is 17.3 Å². The van der Waals surface area contributed by atoms with Crippen LogP contribution in [-0.2, 0) is 0 Å². The molecule has 0 saturated carbocycles. The SMILES string of the molecule is CC(C)c1ccc(NC(C)c2ccc(O)cc2O)cc1. The van der Waals surface area contributed by atoms with Gasteiger partial charge in [-0.2, -0.15) is 0 Å². The van der Waals surface area contributed by atoms with E-state index >= 15 is 0 Å². The Morgan fingerprint density at radius 2 is 1.55 bits per heavy atom. The average molecular weight is 271 g/mol. The van der Waals surface area contributed by atoms with Gasteiger partial charge in [-0.15, -0.1) is 0 Å². The number of hydrogen-bond donors (Lipinski definition) is 3. The van der Waals surface area contributed by atoms with Gasteiger partial charge in [0.1, 0.15) is 11.5 Å². The van der Waals surface area contributed by atoms with Crippen molar-refractivity contribution in [2.45, 2.75) is 32.7 Å². The fourth-order valence-electron chi connectivity index (χ4n) is 2.19. The molecule has 3 N–H and O–H groups in total. The quantitative estimate of drug-likeness (QED) is 0.772. The molecule has 1 atom stereocenters. The first-order valence-electron chi connectivity index (χ1n) is 6.85. The standard InChI is InChI=1S/C17H21NO2/c1-11(2)13-4-6-14(7-5-13)18-12(3)16-9-8-15(19)10-17(16)20/h4-12,18-20H,1-3H3. The van der Waals surface area contributed by atoms with Crippen LogP contribution in [-0.4, -0.2) is 10.2 Å². The molecule has 0 aliphatic rings. The highest BCUT2D eigenvalue weighted by molar-refractivity contribution is 5.49. The number of benzene rings is 2. The molecule has 2 aromatic rings. The van der Waals surface area contributed by atoms with Crippen molar-refractivity contribution in [2.24, 2.45) is 0 Å². The van der Waals surface area contributed by atoms with E-state index in [-0.39, 0.29) is 17.5 Å². The van der Waals surface area contributed by atoms with E-state index in [2.05, 4.69) is 31.3 Å². The molecule has 0 spiro atoms. The van der Waals surface area contributed by atoms with Crippen molar-refractivity contribution >= 4 is 5.69 Å². The highest BCUT2D eigenvalue weighted by Gasteiger charge is 2.11. The van der Waals surface area contributed by atoms with Crippen molar-refractivity contribution in [2.75, 3.05) is 5.32 Å². The van der Waals surface area contributed by atoms with Crippen LogP contribution in [0.25, 0.3) is 0 Å². The van der Waals surface area contributed by atoms with Gasteiger partial charge in [-0.25, -0.2) is 0 Å². The Hall–Kier alpha value is -2.16. The summed E-state index contributed by atoms with van der Waals surface area (Å²) in [5.74, 6) is 0.686. The van der Waals surface area contributed by atoms with Crippen LogP contribution in [0.4, 0.5) is 5.69 Å². The monoisotopic (exact) mass is 271 g/mol. The minimum Gasteiger partial charge on any atom is -0.508 e. The van der Waals surface area contributed by atoms with Gasteiger partial charge in [0.05, 0.1) is 6.04 Å². The zero-order chi connectivity index (χ0) is 14.7. The van der Waals surface area contributed by atoms with Crippen LogP contribution >= 0.6 is 0 Å². The molecule has 3 nitrogen and oxygen atoms in total. The topological polar surface area (TPSA) is 52.5 Å². The molecule has 0 aliphatic heterocycles. The first-order chi connectivity index (χ1) is 9.47. The van der Waals surface area contributed by atoms with Gasteiger partial charge in [-0.1, -0.05) is 26.0 Å². The molecule has 2 rings (SSSR count). The lowest BCUT2D eigenvalue weighted by Gasteiger charge is -2.17. The molecule has 0 heterocycles. The number of aromatic hydroxyl groups is 2. The van der Waals surface area contributed by atoms with E-state index in [0.29, 0.717) is 5.92 Å². The van der Waals surface area contributed by atoms with E-state index in [1.807, 2.05) is 19.1 Å². The lowest BCUT2D eigenvalue weighted by molar-refractivity contribution is 0.444. The molecule has 0 amide bonds. The van der Waals surface area contributed by atoms with E-state index in [1.54, 1.807) is 12.1 Å². The fourth-order valence-corrected chi connectivity index (χ4v) is 2.19. The normalized spacial score (nSPS) is 12.4. The lowest BCUT2D eigenvalue weighted by atomic mass is 10.0. The second kappa shape index (κ2) is 5.87. The molecular weight excluding hydrogens is 250 g/mol. The summed E-state index contributed by atoms with van der Waals surface area (Å²) in [4.78, 5) is 0. The number of rotatable bonds is 4. The Kier molecular flexibility index (Phi) is 4.18. The number of hydrogen-bond acceptors (Lipinski definition) is 3. The van der Waals surface area contributed by atoms with Crippen molar-refractivity contribution < 1.29 is 10.2 Å². The third kappa shape index (κ3) is 3.23. The highest BCUT2D eigenvalue weighted by atomic mass is 16.3. The van der Waals surface area contributed by atoms with Gasteiger partial charge in [-0.05, 0) is 42.7 Å². The summed E-state index contributed by atoms with van der Waals surface area (Å²) in [6.45, 7) is 6.31. The Morgan fingerprint density at radius 1 is 0.900 bits per heavy atom. The summed E-state index contributed by atoms with van der Waals surface area (Å²) in [7, 11) is 0. The summed E-state index contributed by atoms with van der Waals surface area (Å²) in [6, 6.07) is 12.9. The van der Waals surface area contributed by atoms with E-state index in [0.717, 1.165) is 11.3 Å². The molecular formula is C17H21NO2. The van der Waals surface area contributed by atoms with E-state index in [4.69, 9.17) is 0 Å².